The molecule has 1 saturated heterocycles. The molecule has 1 heterocycles. The Hall–Kier alpha value is -1.69. The molecule has 1 fully saturated rings. The number of carbonyl (C=O) groups is 2. The zero-order valence-corrected chi connectivity index (χ0v) is 15.1. The fourth-order valence-corrected chi connectivity index (χ4v) is 3.47. The van der Waals surface area contributed by atoms with Gasteiger partial charge in [-0.2, -0.15) is 0 Å². The number of hydrogen-bond acceptors (Lipinski definition) is 4. The molecule has 1 aromatic carbocycles. The van der Waals surface area contributed by atoms with Crippen molar-refractivity contribution in [1.29, 1.82) is 0 Å². The van der Waals surface area contributed by atoms with Gasteiger partial charge in [-0.15, -0.1) is 11.8 Å². The average molecular weight is 336 g/mol. The standard InChI is InChI=1S/C17H24N2O3S/c1-11-6-7-13(12(2)8-11)18-15(20)14-9-23-10-19(14)16(21)22-17(3,4)5/h6-8,14H,9-10H2,1-5H3,(H,18,20). The summed E-state index contributed by atoms with van der Waals surface area (Å²) in [7, 11) is 0. The molecule has 1 aromatic rings. The van der Waals surface area contributed by atoms with Gasteiger partial charge in [-0.3, -0.25) is 9.69 Å². The van der Waals surface area contributed by atoms with Gasteiger partial charge >= 0.3 is 6.09 Å². The van der Waals surface area contributed by atoms with Crippen molar-refractivity contribution in [2.45, 2.75) is 46.3 Å². The number of nitrogens with one attached hydrogen (secondary N) is 1. The Morgan fingerprint density at radius 1 is 1.30 bits per heavy atom. The molecule has 6 heteroatoms. The van der Waals surface area contributed by atoms with Gasteiger partial charge in [0.15, 0.2) is 0 Å². The van der Waals surface area contributed by atoms with Crippen LogP contribution < -0.4 is 5.32 Å². The lowest BCUT2D eigenvalue weighted by Gasteiger charge is -2.27. The van der Waals surface area contributed by atoms with Crippen molar-refractivity contribution in [2.75, 3.05) is 16.9 Å². The Labute approximate surface area is 141 Å². The van der Waals surface area contributed by atoms with Crippen LogP contribution in [0.5, 0.6) is 0 Å². The Morgan fingerprint density at radius 3 is 2.61 bits per heavy atom. The molecule has 0 bridgehead atoms. The smallest absolute Gasteiger partial charge is 0.411 e. The monoisotopic (exact) mass is 336 g/mol. The summed E-state index contributed by atoms with van der Waals surface area (Å²) in [6.45, 7) is 9.42. The van der Waals surface area contributed by atoms with E-state index in [-0.39, 0.29) is 5.91 Å². The highest BCUT2D eigenvalue weighted by atomic mass is 32.2. The van der Waals surface area contributed by atoms with Crippen LogP contribution in [0, 0.1) is 13.8 Å². The quantitative estimate of drug-likeness (QED) is 0.897. The van der Waals surface area contributed by atoms with Crippen molar-refractivity contribution in [3.8, 4) is 0 Å². The van der Waals surface area contributed by atoms with Crippen LogP contribution in [-0.4, -0.2) is 40.2 Å². The van der Waals surface area contributed by atoms with Crippen molar-refractivity contribution in [3.05, 3.63) is 29.3 Å². The minimum atomic E-state index is -0.571. The van der Waals surface area contributed by atoms with E-state index < -0.39 is 17.7 Å². The number of anilines is 1. The molecule has 1 atom stereocenters. The molecular formula is C17H24N2O3S. The SMILES string of the molecule is Cc1ccc(NC(=O)C2CSCN2C(=O)OC(C)(C)C)c(C)c1. The van der Waals surface area contributed by atoms with E-state index in [9.17, 15) is 9.59 Å². The van der Waals surface area contributed by atoms with Gasteiger partial charge in [-0.05, 0) is 46.2 Å². The first kappa shape index (κ1) is 17.7. The second-order valence-electron chi connectivity index (χ2n) is 6.77. The molecule has 23 heavy (non-hydrogen) atoms. The summed E-state index contributed by atoms with van der Waals surface area (Å²) in [6.07, 6.45) is -0.441. The van der Waals surface area contributed by atoms with E-state index in [1.54, 1.807) is 11.8 Å². The molecule has 1 N–H and O–H groups in total. The van der Waals surface area contributed by atoms with Gasteiger partial charge in [-0.25, -0.2) is 4.79 Å². The summed E-state index contributed by atoms with van der Waals surface area (Å²) in [4.78, 5) is 26.3. The third-order valence-electron chi connectivity index (χ3n) is 3.45. The molecular weight excluding hydrogens is 312 g/mol. The first-order chi connectivity index (χ1) is 10.7. The van der Waals surface area contributed by atoms with Crippen molar-refractivity contribution in [1.82, 2.24) is 4.90 Å². The van der Waals surface area contributed by atoms with Crippen molar-refractivity contribution in [2.24, 2.45) is 0 Å². The Kier molecular flexibility index (Phi) is 5.24. The molecule has 0 saturated carbocycles. The molecule has 126 valence electrons. The second-order valence-corrected chi connectivity index (χ2v) is 7.77. The predicted molar refractivity (Wildman–Crippen MR) is 93.7 cm³/mol. The largest absolute Gasteiger partial charge is 0.444 e. The third kappa shape index (κ3) is 4.64. The molecule has 0 spiro atoms. The predicted octanol–water partition coefficient (Wildman–Crippen LogP) is 3.55. The Morgan fingerprint density at radius 2 is 2.00 bits per heavy atom. The first-order valence-corrected chi connectivity index (χ1v) is 8.78. The maximum Gasteiger partial charge on any atom is 0.411 e. The summed E-state index contributed by atoms with van der Waals surface area (Å²) >= 11 is 1.55. The van der Waals surface area contributed by atoms with Crippen LogP contribution in [-0.2, 0) is 9.53 Å². The van der Waals surface area contributed by atoms with E-state index in [4.69, 9.17) is 4.74 Å². The fourth-order valence-electron chi connectivity index (χ4n) is 2.33. The summed E-state index contributed by atoms with van der Waals surface area (Å²) in [5.41, 5.74) is 2.36. The van der Waals surface area contributed by atoms with E-state index in [0.717, 1.165) is 16.8 Å². The lowest BCUT2D eigenvalue weighted by molar-refractivity contribution is -0.120. The maximum absolute atomic E-state index is 12.6. The summed E-state index contributed by atoms with van der Waals surface area (Å²) in [6, 6.07) is 5.36. The van der Waals surface area contributed by atoms with Gasteiger partial charge in [0, 0.05) is 11.4 Å². The second kappa shape index (κ2) is 6.83. The molecule has 1 aliphatic rings. The Balaban J connectivity index is 2.07. The molecule has 0 aliphatic carbocycles. The number of ether oxygens (including phenoxy) is 1. The van der Waals surface area contributed by atoms with Crippen LogP contribution in [0.2, 0.25) is 0 Å². The number of aryl methyl sites for hydroxylation is 2. The lowest BCUT2D eigenvalue weighted by atomic mass is 10.1. The van der Waals surface area contributed by atoms with Gasteiger partial charge in [0.2, 0.25) is 5.91 Å². The molecule has 2 amide bonds. The molecule has 5 nitrogen and oxygen atoms in total. The maximum atomic E-state index is 12.6. The Bertz CT molecular complexity index is 610. The lowest BCUT2D eigenvalue weighted by Crippen LogP contribution is -2.46. The molecule has 1 unspecified atom stereocenters. The number of rotatable bonds is 2. The van der Waals surface area contributed by atoms with Gasteiger partial charge in [0.25, 0.3) is 0 Å². The molecule has 1 aliphatic heterocycles. The van der Waals surface area contributed by atoms with E-state index in [1.807, 2.05) is 52.8 Å². The number of carbonyl (C=O) groups excluding carboxylic acids is 2. The van der Waals surface area contributed by atoms with Crippen molar-refractivity contribution in [3.63, 3.8) is 0 Å². The highest BCUT2D eigenvalue weighted by molar-refractivity contribution is 7.99. The topological polar surface area (TPSA) is 58.6 Å². The van der Waals surface area contributed by atoms with E-state index in [0.29, 0.717) is 11.6 Å². The van der Waals surface area contributed by atoms with Gasteiger partial charge in [0.05, 0.1) is 5.88 Å². The van der Waals surface area contributed by atoms with Crippen molar-refractivity contribution < 1.29 is 14.3 Å². The third-order valence-corrected chi connectivity index (χ3v) is 4.46. The number of amides is 2. The van der Waals surface area contributed by atoms with Crippen LogP contribution >= 0.6 is 11.8 Å². The van der Waals surface area contributed by atoms with Crippen LogP contribution in [0.25, 0.3) is 0 Å². The summed E-state index contributed by atoms with van der Waals surface area (Å²) in [5.74, 6) is 0.878. The van der Waals surface area contributed by atoms with E-state index in [1.165, 1.54) is 4.90 Å². The fraction of sp³-hybridized carbons (Fsp3) is 0.529. The van der Waals surface area contributed by atoms with Crippen LogP contribution in [0.3, 0.4) is 0 Å². The average Bonchev–Trinajstić information content (AvgIpc) is 2.89. The van der Waals surface area contributed by atoms with Gasteiger partial charge in [-0.1, -0.05) is 17.7 Å². The summed E-state index contributed by atoms with van der Waals surface area (Å²) in [5, 5.41) is 2.93. The zero-order valence-electron chi connectivity index (χ0n) is 14.3. The highest BCUT2D eigenvalue weighted by Gasteiger charge is 2.37. The highest BCUT2D eigenvalue weighted by Crippen LogP contribution is 2.25. The normalized spacial score (nSPS) is 18.0. The van der Waals surface area contributed by atoms with Crippen LogP contribution in [0.15, 0.2) is 18.2 Å². The zero-order chi connectivity index (χ0) is 17.2. The van der Waals surface area contributed by atoms with Crippen molar-refractivity contribution >= 4 is 29.4 Å². The molecule has 2 rings (SSSR count). The number of benzene rings is 1. The van der Waals surface area contributed by atoms with Crippen LogP contribution in [0.1, 0.15) is 31.9 Å². The van der Waals surface area contributed by atoms with E-state index >= 15 is 0 Å². The van der Waals surface area contributed by atoms with Gasteiger partial charge < -0.3 is 10.1 Å². The minimum absolute atomic E-state index is 0.173. The van der Waals surface area contributed by atoms with E-state index in [2.05, 4.69) is 5.32 Å². The summed E-state index contributed by atoms with van der Waals surface area (Å²) < 4.78 is 5.39. The minimum Gasteiger partial charge on any atom is -0.444 e. The molecule has 0 aromatic heterocycles. The first-order valence-electron chi connectivity index (χ1n) is 7.63. The molecule has 0 radical (unpaired) electrons. The number of thioether (sulfide) groups is 1. The number of nitrogens with zero attached hydrogens (tertiary/aromatic N) is 1. The van der Waals surface area contributed by atoms with Crippen LogP contribution in [0.4, 0.5) is 10.5 Å². The van der Waals surface area contributed by atoms with Gasteiger partial charge in [0.1, 0.15) is 11.6 Å². The number of hydrogen-bond donors (Lipinski definition) is 1.